The Bertz CT molecular complexity index is 1340. The number of carbonyl (C=O) groups is 2. The van der Waals surface area contributed by atoms with Crippen LogP contribution in [0.4, 0.5) is 5.69 Å². The first-order chi connectivity index (χ1) is 17.1. The number of para-hydroxylation sites is 1. The van der Waals surface area contributed by atoms with E-state index in [1.165, 1.54) is 24.1 Å². The van der Waals surface area contributed by atoms with Crippen molar-refractivity contribution in [3.8, 4) is 0 Å². The maximum absolute atomic E-state index is 13.8. The molecule has 0 unspecified atom stereocenters. The van der Waals surface area contributed by atoms with Crippen LogP contribution in [-0.4, -0.2) is 44.8 Å². The first kappa shape index (κ1) is 27.2. The number of likely N-dealkylation sites (N-methyl/N-ethyl adjacent to an activating group) is 1. The van der Waals surface area contributed by atoms with E-state index in [1.807, 2.05) is 6.92 Å². The van der Waals surface area contributed by atoms with Crippen LogP contribution in [0.3, 0.4) is 0 Å². The number of amides is 2. The second-order valence-electron chi connectivity index (χ2n) is 8.51. The van der Waals surface area contributed by atoms with Gasteiger partial charge in [0.2, 0.25) is 11.8 Å². The van der Waals surface area contributed by atoms with Gasteiger partial charge in [0.1, 0.15) is 12.6 Å². The number of carbonyl (C=O) groups excluding carboxylic acids is 2. The Morgan fingerprint density at radius 2 is 1.56 bits per heavy atom. The van der Waals surface area contributed by atoms with Crippen molar-refractivity contribution in [3.05, 3.63) is 94.5 Å². The van der Waals surface area contributed by atoms with Crippen molar-refractivity contribution in [1.82, 2.24) is 10.2 Å². The number of hydrogen-bond donors (Lipinski definition) is 1. The zero-order valence-corrected chi connectivity index (χ0v) is 22.3. The molecule has 0 saturated heterocycles. The second-order valence-corrected chi connectivity index (χ2v) is 10.8. The van der Waals surface area contributed by atoms with E-state index in [0.717, 1.165) is 9.87 Å². The summed E-state index contributed by atoms with van der Waals surface area (Å²) in [4.78, 5) is 27.7. The van der Waals surface area contributed by atoms with Crippen LogP contribution >= 0.6 is 11.6 Å². The predicted molar refractivity (Wildman–Crippen MR) is 142 cm³/mol. The van der Waals surface area contributed by atoms with Gasteiger partial charge in [-0.05, 0) is 56.2 Å². The van der Waals surface area contributed by atoms with Gasteiger partial charge in [-0.15, -0.1) is 0 Å². The molecular weight excluding hydrogens is 498 g/mol. The third-order valence-electron chi connectivity index (χ3n) is 5.98. The Morgan fingerprint density at radius 3 is 2.17 bits per heavy atom. The fourth-order valence-electron chi connectivity index (χ4n) is 3.80. The van der Waals surface area contributed by atoms with E-state index in [9.17, 15) is 18.0 Å². The molecule has 36 heavy (non-hydrogen) atoms. The highest BCUT2D eigenvalue weighted by atomic mass is 35.5. The summed E-state index contributed by atoms with van der Waals surface area (Å²) in [5, 5.41) is 3.01. The molecule has 3 rings (SSSR count). The SMILES string of the molecule is CNC(=O)[C@@H](C)N(Cc1ccccc1Cl)C(=O)CN(c1ccccc1C)S(=O)(=O)c1ccc(C)cc1. The fourth-order valence-corrected chi connectivity index (χ4v) is 5.47. The normalized spacial score (nSPS) is 12.0. The van der Waals surface area contributed by atoms with Crippen molar-refractivity contribution < 1.29 is 18.0 Å². The number of rotatable bonds is 9. The number of sulfonamides is 1. The first-order valence-electron chi connectivity index (χ1n) is 11.5. The Hall–Kier alpha value is -3.36. The summed E-state index contributed by atoms with van der Waals surface area (Å²) in [7, 11) is -2.61. The molecule has 190 valence electrons. The molecule has 3 aromatic carbocycles. The molecule has 0 aliphatic rings. The van der Waals surface area contributed by atoms with Crippen LogP contribution in [-0.2, 0) is 26.2 Å². The molecule has 0 spiro atoms. The molecule has 0 bridgehead atoms. The van der Waals surface area contributed by atoms with Gasteiger partial charge >= 0.3 is 0 Å². The summed E-state index contributed by atoms with van der Waals surface area (Å²) in [5.41, 5.74) is 2.64. The molecule has 9 heteroatoms. The minimum absolute atomic E-state index is 0.0410. The average molecular weight is 528 g/mol. The van der Waals surface area contributed by atoms with E-state index in [2.05, 4.69) is 5.32 Å². The zero-order chi connectivity index (χ0) is 26.5. The lowest BCUT2D eigenvalue weighted by Gasteiger charge is -2.32. The van der Waals surface area contributed by atoms with Crippen LogP contribution in [0.1, 0.15) is 23.6 Å². The van der Waals surface area contributed by atoms with Crippen LogP contribution in [0, 0.1) is 13.8 Å². The predicted octanol–water partition coefficient (Wildman–Crippen LogP) is 4.32. The van der Waals surface area contributed by atoms with Gasteiger partial charge in [0.25, 0.3) is 10.0 Å². The van der Waals surface area contributed by atoms with Crippen molar-refractivity contribution in [1.29, 1.82) is 0 Å². The smallest absolute Gasteiger partial charge is 0.264 e. The minimum Gasteiger partial charge on any atom is -0.357 e. The van der Waals surface area contributed by atoms with Crippen LogP contribution in [0.15, 0.2) is 77.7 Å². The number of nitrogens with zero attached hydrogens (tertiary/aromatic N) is 2. The number of halogens is 1. The standard InChI is InChI=1S/C27H30ClN3O4S/c1-19-13-15-23(16-14-19)36(34,35)31(25-12-8-5-9-20(25)2)18-26(32)30(21(3)27(33)29-4)17-22-10-6-7-11-24(22)28/h5-16,21H,17-18H2,1-4H3,(H,29,33)/t21-/m1/s1. The summed E-state index contributed by atoms with van der Waals surface area (Å²) >= 11 is 6.33. The van der Waals surface area contributed by atoms with Crippen LogP contribution < -0.4 is 9.62 Å². The van der Waals surface area contributed by atoms with Gasteiger partial charge in [0.15, 0.2) is 0 Å². The molecule has 0 aliphatic carbocycles. The number of benzene rings is 3. The van der Waals surface area contributed by atoms with E-state index >= 15 is 0 Å². The van der Waals surface area contributed by atoms with Crippen molar-refractivity contribution in [3.63, 3.8) is 0 Å². The number of nitrogens with one attached hydrogen (secondary N) is 1. The lowest BCUT2D eigenvalue weighted by molar-refractivity contribution is -0.139. The first-order valence-corrected chi connectivity index (χ1v) is 13.3. The van der Waals surface area contributed by atoms with E-state index in [0.29, 0.717) is 21.8 Å². The van der Waals surface area contributed by atoms with Crippen LogP contribution in [0.2, 0.25) is 5.02 Å². The topological polar surface area (TPSA) is 86.8 Å². The van der Waals surface area contributed by atoms with Gasteiger partial charge in [-0.1, -0.05) is 65.7 Å². The highest BCUT2D eigenvalue weighted by molar-refractivity contribution is 7.92. The maximum atomic E-state index is 13.8. The Balaban J connectivity index is 2.06. The molecule has 3 aromatic rings. The summed E-state index contributed by atoms with van der Waals surface area (Å²) in [5.74, 6) is -0.913. The van der Waals surface area contributed by atoms with Gasteiger partial charge in [-0.3, -0.25) is 13.9 Å². The van der Waals surface area contributed by atoms with E-state index in [-0.39, 0.29) is 17.3 Å². The van der Waals surface area contributed by atoms with Gasteiger partial charge in [0.05, 0.1) is 10.6 Å². The highest BCUT2D eigenvalue weighted by Gasteiger charge is 2.33. The van der Waals surface area contributed by atoms with Gasteiger partial charge < -0.3 is 10.2 Å². The molecule has 7 nitrogen and oxygen atoms in total. The van der Waals surface area contributed by atoms with Crippen molar-refractivity contribution >= 4 is 39.1 Å². The number of anilines is 1. The third kappa shape index (κ3) is 6.06. The second kappa shape index (κ2) is 11.6. The summed E-state index contributed by atoms with van der Waals surface area (Å²) in [6.07, 6.45) is 0. The van der Waals surface area contributed by atoms with Crippen molar-refractivity contribution in [2.75, 3.05) is 17.9 Å². The monoisotopic (exact) mass is 527 g/mol. The molecule has 0 fully saturated rings. The van der Waals surface area contributed by atoms with E-state index < -0.39 is 28.5 Å². The average Bonchev–Trinajstić information content (AvgIpc) is 2.86. The summed E-state index contributed by atoms with van der Waals surface area (Å²) in [6.45, 7) is 4.80. The summed E-state index contributed by atoms with van der Waals surface area (Å²) < 4.78 is 28.7. The molecule has 1 atom stereocenters. The molecule has 0 saturated carbocycles. The fraction of sp³-hybridized carbons (Fsp3) is 0.259. The quantitative estimate of drug-likeness (QED) is 0.449. The lowest BCUT2D eigenvalue weighted by Crippen LogP contribution is -2.50. The molecule has 1 N–H and O–H groups in total. The van der Waals surface area contributed by atoms with Crippen molar-refractivity contribution in [2.45, 2.75) is 38.3 Å². The van der Waals surface area contributed by atoms with Crippen molar-refractivity contribution in [2.24, 2.45) is 0 Å². The highest BCUT2D eigenvalue weighted by Crippen LogP contribution is 2.28. The lowest BCUT2D eigenvalue weighted by atomic mass is 10.1. The van der Waals surface area contributed by atoms with Crippen LogP contribution in [0.5, 0.6) is 0 Å². The molecule has 0 radical (unpaired) electrons. The largest absolute Gasteiger partial charge is 0.357 e. The Morgan fingerprint density at radius 1 is 0.944 bits per heavy atom. The molecule has 2 amide bonds. The number of hydrogen-bond acceptors (Lipinski definition) is 4. The zero-order valence-electron chi connectivity index (χ0n) is 20.7. The van der Waals surface area contributed by atoms with E-state index in [1.54, 1.807) is 74.5 Å². The van der Waals surface area contributed by atoms with Gasteiger partial charge in [-0.25, -0.2) is 8.42 Å². The number of aryl methyl sites for hydroxylation is 2. The molecule has 0 aromatic heterocycles. The van der Waals surface area contributed by atoms with Gasteiger partial charge in [0, 0.05) is 18.6 Å². The third-order valence-corrected chi connectivity index (χ3v) is 8.13. The summed E-state index contributed by atoms with van der Waals surface area (Å²) in [6, 6.07) is 19.6. The maximum Gasteiger partial charge on any atom is 0.264 e. The Kier molecular flexibility index (Phi) is 8.76. The Labute approximate surface area is 217 Å². The molecular formula is C27H30ClN3O4S. The van der Waals surface area contributed by atoms with E-state index in [4.69, 9.17) is 11.6 Å². The molecule has 0 heterocycles. The van der Waals surface area contributed by atoms with Crippen LogP contribution in [0.25, 0.3) is 0 Å². The van der Waals surface area contributed by atoms with Gasteiger partial charge in [-0.2, -0.15) is 0 Å². The minimum atomic E-state index is -4.10. The molecule has 0 aliphatic heterocycles.